The maximum atomic E-state index is 12.4. The number of aromatic nitrogens is 2. The van der Waals surface area contributed by atoms with Crippen molar-refractivity contribution in [2.24, 2.45) is 0 Å². The molecule has 0 aliphatic carbocycles. The molecule has 1 amide bonds. The minimum absolute atomic E-state index is 0.156. The highest BCUT2D eigenvalue weighted by molar-refractivity contribution is 6.30. The average molecular weight is 340 g/mol. The van der Waals surface area contributed by atoms with Gasteiger partial charge in [0.1, 0.15) is 5.82 Å². The van der Waals surface area contributed by atoms with Crippen molar-refractivity contribution in [2.45, 2.75) is 19.5 Å². The van der Waals surface area contributed by atoms with Gasteiger partial charge in [0, 0.05) is 17.1 Å². The lowest BCUT2D eigenvalue weighted by atomic mass is 10.2. The van der Waals surface area contributed by atoms with Gasteiger partial charge in [-0.05, 0) is 43.3 Å². The van der Waals surface area contributed by atoms with E-state index in [0.29, 0.717) is 17.1 Å². The first-order valence-electron chi connectivity index (χ1n) is 7.72. The predicted molar refractivity (Wildman–Crippen MR) is 97.3 cm³/mol. The van der Waals surface area contributed by atoms with Crippen LogP contribution in [0.2, 0.25) is 5.02 Å². The van der Waals surface area contributed by atoms with Gasteiger partial charge in [0.2, 0.25) is 0 Å². The second kappa shape index (κ2) is 6.89. The van der Waals surface area contributed by atoms with Gasteiger partial charge in [0.05, 0.1) is 17.1 Å². The number of rotatable bonds is 5. The lowest BCUT2D eigenvalue weighted by molar-refractivity contribution is 0.0938. The summed E-state index contributed by atoms with van der Waals surface area (Å²) in [5.74, 6) is 0.648. The van der Waals surface area contributed by atoms with Crippen molar-refractivity contribution in [1.29, 1.82) is 0 Å². The lowest BCUT2D eigenvalue weighted by Crippen LogP contribution is -2.28. The van der Waals surface area contributed by atoms with Crippen molar-refractivity contribution < 1.29 is 4.79 Å². The highest BCUT2D eigenvalue weighted by Crippen LogP contribution is 2.21. The van der Waals surface area contributed by atoms with E-state index >= 15 is 0 Å². The van der Waals surface area contributed by atoms with Gasteiger partial charge in [0.15, 0.2) is 0 Å². The van der Waals surface area contributed by atoms with Gasteiger partial charge in [-0.3, -0.25) is 4.79 Å². The molecule has 5 heteroatoms. The van der Waals surface area contributed by atoms with Crippen LogP contribution in [0.15, 0.2) is 61.2 Å². The van der Waals surface area contributed by atoms with E-state index < -0.39 is 0 Å². The van der Waals surface area contributed by atoms with E-state index in [0.717, 1.165) is 16.9 Å². The zero-order chi connectivity index (χ0) is 17.1. The number of nitrogens with one attached hydrogen (secondary N) is 1. The smallest absolute Gasteiger partial charge is 0.251 e. The molecule has 3 aromatic rings. The number of allylic oxidation sites excluding steroid dienone is 1. The number of amides is 1. The monoisotopic (exact) mass is 339 g/mol. The molecule has 1 atom stereocenters. The molecule has 1 aromatic heterocycles. The highest BCUT2D eigenvalue weighted by Gasteiger charge is 2.18. The number of fused-ring (bicyclic) bond motifs is 1. The molecule has 0 aliphatic heterocycles. The Morgan fingerprint density at radius 3 is 2.71 bits per heavy atom. The maximum absolute atomic E-state index is 12.4. The topological polar surface area (TPSA) is 46.9 Å². The number of halogens is 1. The van der Waals surface area contributed by atoms with E-state index in [1.807, 2.05) is 37.3 Å². The second-order valence-electron chi connectivity index (χ2n) is 5.56. The number of benzene rings is 2. The molecule has 0 saturated carbocycles. The summed E-state index contributed by atoms with van der Waals surface area (Å²) >= 11 is 5.86. The SMILES string of the molecule is C=CCn1c(C(C)NC(=O)c2ccc(Cl)cc2)nc2ccccc21. The number of hydrogen-bond acceptors (Lipinski definition) is 2. The molecule has 0 saturated heterocycles. The summed E-state index contributed by atoms with van der Waals surface area (Å²) < 4.78 is 2.06. The van der Waals surface area contributed by atoms with Crippen LogP contribution in [0.3, 0.4) is 0 Å². The molecule has 1 heterocycles. The van der Waals surface area contributed by atoms with Crippen LogP contribution in [0.4, 0.5) is 0 Å². The third kappa shape index (κ3) is 3.19. The maximum Gasteiger partial charge on any atom is 0.251 e. The van der Waals surface area contributed by atoms with Gasteiger partial charge in [0.25, 0.3) is 5.91 Å². The third-order valence-corrected chi connectivity index (χ3v) is 4.09. The van der Waals surface area contributed by atoms with Crippen molar-refractivity contribution in [3.05, 3.63) is 77.6 Å². The Bertz CT molecular complexity index is 883. The fourth-order valence-electron chi connectivity index (χ4n) is 2.69. The fourth-order valence-corrected chi connectivity index (χ4v) is 2.82. The van der Waals surface area contributed by atoms with E-state index in [4.69, 9.17) is 11.6 Å². The quantitative estimate of drug-likeness (QED) is 0.702. The molecule has 122 valence electrons. The lowest BCUT2D eigenvalue weighted by Gasteiger charge is -2.15. The molecule has 1 N–H and O–H groups in total. The van der Waals surface area contributed by atoms with Gasteiger partial charge in [-0.15, -0.1) is 6.58 Å². The normalized spacial score (nSPS) is 12.1. The molecular weight excluding hydrogens is 322 g/mol. The van der Waals surface area contributed by atoms with E-state index in [2.05, 4.69) is 21.4 Å². The molecule has 2 aromatic carbocycles. The van der Waals surface area contributed by atoms with Crippen molar-refractivity contribution in [3.63, 3.8) is 0 Å². The van der Waals surface area contributed by atoms with Crippen molar-refractivity contribution in [2.75, 3.05) is 0 Å². The summed E-state index contributed by atoms with van der Waals surface area (Å²) in [5, 5.41) is 3.60. The van der Waals surface area contributed by atoms with Crippen LogP contribution in [0.25, 0.3) is 11.0 Å². The van der Waals surface area contributed by atoms with Crippen LogP contribution in [0, 0.1) is 0 Å². The molecule has 24 heavy (non-hydrogen) atoms. The Labute approximate surface area is 145 Å². The Kier molecular flexibility index (Phi) is 4.67. The Morgan fingerprint density at radius 1 is 1.29 bits per heavy atom. The average Bonchev–Trinajstić information content (AvgIpc) is 2.95. The first kappa shape index (κ1) is 16.3. The van der Waals surface area contributed by atoms with Crippen LogP contribution in [0.5, 0.6) is 0 Å². The number of imidazole rings is 1. The van der Waals surface area contributed by atoms with Crippen LogP contribution in [-0.4, -0.2) is 15.5 Å². The molecule has 0 bridgehead atoms. The molecule has 0 spiro atoms. The fraction of sp³-hybridized carbons (Fsp3) is 0.158. The van der Waals surface area contributed by atoms with Gasteiger partial charge in [-0.2, -0.15) is 0 Å². The first-order valence-corrected chi connectivity index (χ1v) is 8.10. The minimum atomic E-state index is -0.236. The first-order chi connectivity index (χ1) is 11.6. The van der Waals surface area contributed by atoms with Crippen LogP contribution in [-0.2, 0) is 6.54 Å². The van der Waals surface area contributed by atoms with Crippen LogP contribution in [0.1, 0.15) is 29.1 Å². The largest absolute Gasteiger partial charge is 0.342 e. The Hall–Kier alpha value is -2.59. The molecule has 0 aliphatic rings. The highest BCUT2D eigenvalue weighted by atomic mass is 35.5. The zero-order valence-electron chi connectivity index (χ0n) is 13.4. The van der Waals surface area contributed by atoms with Crippen molar-refractivity contribution in [3.8, 4) is 0 Å². The zero-order valence-corrected chi connectivity index (χ0v) is 14.1. The van der Waals surface area contributed by atoms with E-state index in [-0.39, 0.29) is 11.9 Å². The summed E-state index contributed by atoms with van der Waals surface area (Å²) in [4.78, 5) is 17.1. The summed E-state index contributed by atoms with van der Waals surface area (Å²) in [5.41, 5.74) is 2.50. The number of nitrogens with zero attached hydrogens (tertiary/aromatic N) is 2. The molecular formula is C19H18ClN3O. The number of hydrogen-bond donors (Lipinski definition) is 1. The minimum Gasteiger partial charge on any atom is -0.342 e. The van der Waals surface area contributed by atoms with Gasteiger partial charge in [-0.25, -0.2) is 4.98 Å². The standard InChI is InChI=1S/C19H18ClN3O/c1-3-12-23-17-7-5-4-6-16(17)22-18(23)13(2)21-19(24)14-8-10-15(20)11-9-14/h3-11,13H,1,12H2,2H3,(H,21,24). The summed E-state index contributed by atoms with van der Waals surface area (Å²) in [6, 6.07) is 14.5. The Morgan fingerprint density at radius 2 is 2.00 bits per heavy atom. The second-order valence-corrected chi connectivity index (χ2v) is 6.00. The third-order valence-electron chi connectivity index (χ3n) is 3.84. The van der Waals surface area contributed by atoms with Gasteiger partial charge in [-0.1, -0.05) is 29.8 Å². The number of carbonyl (C=O) groups excluding carboxylic acids is 1. The predicted octanol–water partition coefficient (Wildman–Crippen LogP) is 4.37. The van der Waals surface area contributed by atoms with Crippen molar-refractivity contribution in [1.82, 2.24) is 14.9 Å². The van der Waals surface area contributed by atoms with E-state index in [1.54, 1.807) is 24.3 Å². The molecule has 4 nitrogen and oxygen atoms in total. The van der Waals surface area contributed by atoms with Crippen LogP contribution < -0.4 is 5.32 Å². The van der Waals surface area contributed by atoms with Crippen LogP contribution >= 0.6 is 11.6 Å². The summed E-state index contributed by atoms with van der Waals surface area (Å²) in [6.45, 7) is 6.37. The van der Waals surface area contributed by atoms with E-state index in [1.165, 1.54) is 0 Å². The van der Waals surface area contributed by atoms with Gasteiger partial charge < -0.3 is 9.88 Å². The molecule has 1 unspecified atom stereocenters. The van der Waals surface area contributed by atoms with Gasteiger partial charge >= 0.3 is 0 Å². The summed E-state index contributed by atoms with van der Waals surface area (Å²) in [7, 11) is 0. The number of carbonyl (C=O) groups is 1. The summed E-state index contributed by atoms with van der Waals surface area (Å²) in [6.07, 6.45) is 1.82. The molecule has 3 rings (SSSR count). The Balaban J connectivity index is 1.89. The van der Waals surface area contributed by atoms with Crippen molar-refractivity contribution >= 4 is 28.5 Å². The molecule has 0 fully saturated rings. The molecule has 0 radical (unpaired) electrons. The number of para-hydroxylation sites is 2. The van der Waals surface area contributed by atoms with E-state index in [9.17, 15) is 4.79 Å².